The molecule has 0 aromatic heterocycles. The molecule has 0 bridgehead atoms. The van der Waals surface area contributed by atoms with Gasteiger partial charge in [0.2, 0.25) is 0 Å². The lowest BCUT2D eigenvalue weighted by Crippen LogP contribution is -2.57. The summed E-state index contributed by atoms with van der Waals surface area (Å²) in [5, 5.41) is 22.4. The number of hydrogen-bond acceptors (Lipinski definition) is 5. The lowest BCUT2D eigenvalue weighted by molar-refractivity contribution is -0.302. The van der Waals surface area contributed by atoms with Crippen molar-refractivity contribution in [3.8, 4) is 11.8 Å². The van der Waals surface area contributed by atoms with Crippen LogP contribution in [0.3, 0.4) is 0 Å². The molecule has 1 aromatic carbocycles. The van der Waals surface area contributed by atoms with Crippen LogP contribution in [0.5, 0.6) is 5.75 Å². The third-order valence-electron chi connectivity index (χ3n) is 3.71. The van der Waals surface area contributed by atoms with Crippen molar-refractivity contribution in [2.75, 3.05) is 6.61 Å². The summed E-state index contributed by atoms with van der Waals surface area (Å²) < 4.78 is 44.9. The summed E-state index contributed by atoms with van der Waals surface area (Å²) in [5.74, 6) is -1.28. The Morgan fingerprint density at radius 3 is 2.52 bits per heavy atom. The minimum absolute atomic E-state index is 0.0476. The monoisotopic (exact) mass is 355 g/mol. The van der Waals surface area contributed by atoms with E-state index in [0.717, 1.165) is 0 Å². The van der Waals surface area contributed by atoms with E-state index >= 15 is 0 Å². The summed E-state index contributed by atoms with van der Waals surface area (Å²) >= 11 is 0. The molecule has 1 unspecified atom stereocenters. The first-order valence-electron chi connectivity index (χ1n) is 7.41. The Kier molecular flexibility index (Phi) is 5.04. The highest BCUT2D eigenvalue weighted by Gasteiger charge is 2.63. The molecule has 1 N–H and O–H groups in total. The maximum absolute atomic E-state index is 13.3. The van der Waals surface area contributed by atoms with Crippen molar-refractivity contribution in [1.82, 2.24) is 5.01 Å². The highest BCUT2D eigenvalue weighted by Crippen LogP contribution is 2.41. The zero-order valence-electron chi connectivity index (χ0n) is 13.5. The lowest BCUT2D eigenvalue weighted by Gasteiger charge is -2.32. The number of nitriles is 1. The number of hydrazone groups is 1. The Morgan fingerprint density at radius 1 is 1.44 bits per heavy atom. The molecule has 0 aliphatic carbocycles. The van der Waals surface area contributed by atoms with Crippen molar-refractivity contribution in [2.45, 2.75) is 32.2 Å². The number of aliphatic hydroxyl groups is 1. The molecule has 0 saturated carbocycles. The van der Waals surface area contributed by atoms with E-state index in [1.165, 1.54) is 24.3 Å². The van der Waals surface area contributed by atoms with Crippen molar-refractivity contribution in [3.63, 3.8) is 0 Å². The van der Waals surface area contributed by atoms with Crippen LogP contribution in [0.1, 0.15) is 25.8 Å². The van der Waals surface area contributed by atoms with E-state index in [9.17, 15) is 23.1 Å². The van der Waals surface area contributed by atoms with Gasteiger partial charge in [0.1, 0.15) is 5.75 Å². The van der Waals surface area contributed by atoms with Crippen LogP contribution in [0.2, 0.25) is 0 Å². The fraction of sp³-hybridized carbons (Fsp3) is 0.438. The van der Waals surface area contributed by atoms with Gasteiger partial charge in [-0.3, -0.25) is 4.79 Å². The van der Waals surface area contributed by atoms with Gasteiger partial charge in [-0.15, -0.1) is 0 Å². The average molecular weight is 355 g/mol. The molecule has 1 heterocycles. The Labute approximate surface area is 142 Å². The highest BCUT2D eigenvalue weighted by atomic mass is 19.4. The summed E-state index contributed by atoms with van der Waals surface area (Å²) in [7, 11) is 0. The molecular weight excluding hydrogens is 339 g/mol. The zero-order chi connectivity index (χ0) is 18.8. The summed E-state index contributed by atoms with van der Waals surface area (Å²) in [6.45, 7) is 2.51. The molecule has 0 radical (unpaired) electrons. The van der Waals surface area contributed by atoms with Crippen molar-refractivity contribution < 1.29 is 27.8 Å². The molecule has 9 heteroatoms. The molecule has 1 amide bonds. The fourth-order valence-corrected chi connectivity index (χ4v) is 2.21. The van der Waals surface area contributed by atoms with Gasteiger partial charge in [0.25, 0.3) is 11.6 Å². The van der Waals surface area contributed by atoms with Crippen LogP contribution in [-0.2, 0) is 4.79 Å². The summed E-state index contributed by atoms with van der Waals surface area (Å²) in [4.78, 5) is 12.2. The van der Waals surface area contributed by atoms with E-state index in [2.05, 4.69) is 5.10 Å². The van der Waals surface area contributed by atoms with E-state index < -0.39 is 30.8 Å². The number of amides is 1. The van der Waals surface area contributed by atoms with Gasteiger partial charge in [-0.1, -0.05) is 13.8 Å². The maximum atomic E-state index is 13.3. The molecule has 0 spiro atoms. The second-order valence-corrected chi connectivity index (χ2v) is 5.87. The molecule has 134 valence electrons. The molecule has 1 aliphatic rings. The first kappa shape index (κ1) is 18.7. The number of ether oxygens (including phenoxy) is 1. The molecule has 0 saturated heterocycles. The fourth-order valence-electron chi connectivity index (χ4n) is 2.21. The molecule has 6 nitrogen and oxygen atoms in total. The standard InChI is InChI=1S/C16H16F3N3O3/c1-10(2)13-7-15(24,16(17,18)19)22(21-13)14(23)9-25-12-5-3-11(8-20)4-6-12/h3-6,10,24H,7,9H2,1-2H3. The van der Waals surface area contributed by atoms with Crippen LogP contribution in [0.15, 0.2) is 29.4 Å². The van der Waals surface area contributed by atoms with E-state index in [0.29, 0.717) is 5.56 Å². The molecule has 25 heavy (non-hydrogen) atoms. The quantitative estimate of drug-likeness (QED) is 0.899. The van der Waals surface area contributed by atoms with Crippen LogP contribution >= 0.6 is 0 Å². The zero-order valence-corrected chi connectivity index (χ0v) is 13.5. The Hall–Kier alpha value is -2.60. The van der Waals surface area contributed by atoms with Crippen molar-refractivity contribution in [2.24, 2.45) is 11.0 Å². The summed E-state index contributed by atoms with van der Waals surface area (Å²) in [5.41, 5.74) is -2.93. The van der Waals surface area contributed by atoms with Crippen LogP contribution in [0, 0.1) is 17.2 Å². The number of nitrogens with zero attached hydrogens (tertiary/aromatic N) is 3. The second-order valence-electron chi connectivity index (χ2n) is 5.87. The second kappa shape index (κ2) is 6.72. The third-order valence-corrected chi connectivity index (χ3v) is 3.71. The topological polar surface area (TPSA) is 85.9 Å². The first-order valence-corrected chi connectivity index (χ1v) is 7.41. The van der Waals surface area contributed by atoms with Crippen LogP contribution < -0.4 is 4.74 Å². The number of carbonyl (C=O) groups is 1. The minimum Gasteiger partial charge on any atom is -0.484 e. The SMILES string of the molecule is CC(C)C1=NN(C(=O)COc2ccc(C#N)cc2)C(O)(C(F)(F)F)C1. The number of benzene rings is 1. The molecule has 1 atom stereocenters. The van der Waals surface area contributed by atoms with E-state index in [1.54, 1.807) is 13.8 Å². The lowest BCUT2D eigenvalue weighted by atomic mass is 9.99. The van der Waals surface area contributed by atoms with E-state index in [-0.39, 0.29) is 22.4 Å². The Bertz CT molecular complexity index is 723. The minimum atomic E-state index is -5.06. The largest absolute Gasteiger partial charge is 0.484 e. The number of hydrogen-bond donors (Lipinski definition) is 1. The van der Waals surface area contributed by atoms with Crippen LogP contribution in [0.25, 0.3) is 0 Å². The van der Waals surface area contributed by atoms with Gasteiger partial charge < -0.3 is 9.84 Å². The van der Waals surface area contributed by atoms with Gasteiger partial charge in [0, 0.05) is 12.1 Å². The molecule has 1 aliphatic heterocycles. The van der Waals surface area contributed by atoms with Gasteiger partial charge in [0.05, 0.1) is 11.6 Å². The number of carbonyl (C=O) groups excluding carboxylic acids is 1. The molecule has 2 rings (SSSR count). The van der Waals surface area contributed by atoms with E-state index in [1.807, 2.05) is 6.07 Å². The first-order chi connectivity index (χ1) is 11.6. The molecule has 0 fully saturated rings. The number of rotatable bonds is 4. The van der Waals surface area contributed by atoms with Gasteiger partial charge in [0.15, 0.2) is 6.61 Å². The predicted molar refractivity (Wildman–Crippen MR) is 81.4 cm³/mol. The third kappa shape index (κ3) is 3.74. The Morgan fingerprint density at radius 2 is 2.04 bits per heavy atom. The Balaban J connectivity index is 2.15. The number of alkyl halides is 3. The van der Waals surface area contributed by atoms with Gasteiger partial charge in [-0.2, -0.15) is 28.5 Å². The molecule has 1 aromatic rings. The number of halogens is 3. The van der Waals surface area contributed by atoms with Crippen molar-refractivity contribution >= 4 is 11.6 Å². The molecular formula is C16H16F3N3O3. The average Bonchev–Trinajstić information content (AvgIpc) is 2.92. The summed E-state index contributed by atoms with van der Waals surface area (Å²) in [6, 6.07) is 7.61. The van der Waals surface area contributed by atoms with Gasteiger partial charge in [-0.25, -0.2) is 0 Å². The van der Waals surface area contributed by atoms with Gasteiger partial charge in [-0.05, 0) is 30.2 Å². The maximum Gasteiger partial charge on any atom is 0.438 e. The van der Waals surface area contributed by atoms with Crippen molar-refractivity contribution in [3.05, 3.63) is 29.8 Å². The normalized spacial score (nSPS) is 20.4. The summed E-state index contributed by atoms with van der Waals surface area (Å²) in [6.07, 6.45) is -5.85. The van der Waals surface area contributed by atoms with Crippen molar-refractivity contribution in [1.29, 1.82) is 5.26 Å². The van der Waals surface area contributed by atoms with Crippen LogP contribution in [0.4, 0.5) is 13.2 Å². The smallest absolute Gasteiger partial charge is 0.438 e. The van der Waals surface area contributed by atoms with Crippen LogP contribution in [-0.4, -0.2) is 40.2 Å². The highest BCUT2D eigenvalue weighted by molar-refractivity contribution is 5.92. The predicted octanol–water partition coefficient (Wildman–Crippen LogP) is 2.43. The van der Waals surface area contributed by atoms with E-state index in [4.69, 9.17) is 10.00 Å². The van der Waals surface area contributed by atoms with Gasteiger partial charge >= 0.3 is 6.18 Å².